The van der Waals surface area contributed by atoms with Gasteiger partial charge in [-0.25, -0.2) is 8.42 Å². The lowest BCUT2D eigenvalue weighted by atomic mass is 9.96. The van der Waals surface area contributed by atoms with E-state index < -0.39 is 27.6 Å². The van der Waals surface area contributed by atoms with E-state index in [9.17, 15) is 13.2 Å². The summed E-state index contributed by atoms with van der Waals surface area (Å²) in [6.45, 7) is 3.26. The van der Waals surface area contributed by atoms with Crippen molar-refractivity contribution in [3.8, 4) is 0 Å². The van der Waals surface area contributed by atoms with Gasteiger partial charge in [0.15, 0.2) is 15.7 Å². The van der Waals surface area contributed by atoms with Gasteiger partial charge in [-0.1, -0.05) is 19.0 Å². The topological polar surface area (TPSA) is 110 Å². The molecule has 1 aliphatic rings. The number of carbonyl (C=O) groups is 1. The van der Waals surface area contributed by atoms with E-state index in [0.29, 0.717) is 12.2 Å². The van der Waals surface area contributed by atoms with E-state index in [1.165, 1.54) is 0 Å². The molecule has 19 heavy (non-hydrogen) atoms. The van der Waals surface area contributed by atoms with Crippen molar-refractivity contribution in [1.29, 1.82) is 0 Å². The Morgan fingerprint density at radius 3 is 2.68 bits per heavy atom. The van der Waals surface area contributed by atoms with Crippen molar-refractivity contribution in [2.75, 3.05) is 11.5 Å². The van der Waals surface area contributed by atoms with Crippen molar-refractivity contribution in [2.24, 2.45) is 5.92 Å². The molecule has 0 spiro atoms. The van der Waals surface area contributed by atoms with Crippen LogP contribution in [0.2, 0.25) is 0 Å². The van der Waals surface area contributed by atoms with Crippen LogP contribution in [0.3, 0.4) is 0 Å². The Kier molecular flexibility index (Phi) is 3.62. The van der Waals surface area contributed by atoms with Gasteiger partial charge in [-0.15, -0.1) is 0 Å². The third-order valence-corrected chi connectivity index (χ3v) is 5.35. The summed E-state index contributed by atoms with van der Waals surface area (Å²) in [7, 11) is -3.00. The molecule has 0 aromatic carbocycles. The van der Waals surface area contributed by atoms with E-state index in [0.717, 1.165) is 0 Å². The van der Waals surface area contributed by atoms with Crippen LogP contribution in [0.5, 0.6) is 0 Å². The van der Waals surface area contributed by atoms with Crippen LogP contribution in [-0.4, -0.2) is 41.1 Å². The average molecular weight is 288 g/mol. The third kappa shape index (κ3) is 2.94. The predicted molar refractivity (Wildman–Crippen MR) is 65.5 cm³/mol. The Bertz CT molecular complexity index is 580. The molecule has 8 heteroatoms. The van der Waals surface area contributed by atoms with Crippen molar-refractivity contribution in [2.45, 2.75) is 32.1 Å². The first-order valence-electron chi connectivity index (χ1n) is 6.07. The lowest BCUT2D eigenvalue weighted by Gasteiger charge is -2.10. The molecule has 1 fully saturated rings. The summed E-state index contributed by atoms with van der Waals surface area (Å²) in [5, 5.41) is 12.7. The molecule has 0 aliphatic carbocycles. The zero-order chi connectivity index (χ0) is 14.2. The Balaban J connectivity index is 2.14. The van der Waals surface area contributed by atoms with Crippen molar-refractivity contribution >= 4 is 15.8 Å². The third-order valence-electron chi connectivity index (χ3n) is 3.58. The van der Waals surface area contributed by atoms with Crippen LogP contribution in [0.1, 0.15) is 43.8 Å². The molecule has 1 saturated heterocycles. The summed E-state index contributed by atoms with van der Waals surface area (Å²) in [5.41, 5.74) is 0. The Hall–Kier alpha value is -1.44. The minimum atomic E-state index is -3.00. The molecule has 3 atom stereocenters. The molecule has 2 rings (SSSR count). The maximum absolute atomic E-state index is 11.4. The van der Waals surface area contributed by atoms with Gasteiger partial charge in [0.25, 0.3) is 0 Å². The molecule has 0 saturated carbocycles. The van der Waals surface area contributed by atoms with Crippen LogP contribution < -0.4 is 0 Å². The molecule has 1 N–H and O–H groups in total. The minimum Gasteiger partial charge on any atom is -0.481 e. The fraction of sp³-hybridized carbons (Fsp3) is 0.727. The van der Waals surface area contributed by atoms with Crippen LogP contribution in [0.25, 0.3) is 0 Å². The van der Waals surface area contributed by atoms with Gasteiger partial charge in [-0.2, -0.15) is 4.98 Å². The monoisotopic (exact) mass is 288 g/mol. The van der Waals surface area contributed by atoms with E-state index in [1.807, 2.05) is 0 Å². The van der Waals surface area contributed by atoms with Crippen LogP contribution in [0.15, 0.2) is 4.52 Å². The highest BCUT2D eigenvalue weighted by atomic mass is 32.2. The van der Waals surface area contributed by atoms with E-state index in [2.05, 4.69) is 10.1 Å². The number of hydrogen-bond donors (Lipinski definition) is 1. The maximum atomic E-state index is 11.4. The molecule has 0 radical (unpaired) electrons. The molecule has 0 bridgehead atoms. The van der Waals surface area contributed by atoms with Gasteiger partial charge in [0.1, 0.15) is 0 Å². The normalized spacial score (nSPS) is 25.1. The second-order valence-electron chi connectivity index (χ2n) is 5.01. The maximum Gasteiger partial charge on any atom is 0.307 e. The molecular weight excluding hydrogens is 272 g/mol. The van der Waals surface area contributed by atoms with Gasteiger partial charge >= 0.3 is 5.97 Å². The number of aromatic nitrogens is 2. The molecule has 1 aromatic rings. The van der Waals surface area contributed by atoms with Crippen LogP contribution in [-0.2, 0) is 14.6 Å². The molecule has 1 aromatic heterocycles. The second-order valence-corrected chi connectivity index (χ2v) is 7.24. The molecular formula is C11H16N2O5S. The van der Waals surface area contributed by atoms with E-state index in [4.69, 9.17) is 9.63 Å². The van der Waals surface area contributed by atoms with Crippen molar-refractivity contribution in [3.63, 3.8) is 0 Å². The first-order valence-corrected chi connectivity index (χ1v) is 7.89. The van der Waals surface area contributed by atoms with Gasteiger partial charge in [0.2, 0.25) is 5.89 Å². The highest BCUT2D eigenvalue weighted by Gasteiger charge is 2.33. The number of hydrogen-bond acceptors (Lipinski definition) is 6. The van der Waals surface area contributed by atoms with Gasteiger partial charge in [0, 0.05) is 11.8 Å². The van der Waals surface area contributed by atoms with E-state index >= 15 is 0 Å². The molecule has 3 unspecified atom stereocenters. The lowest BCUT2D eigenvalue weighted by Crippen LogP contribution is -2.17. The quantitative estimate of drug-likeness (QED) is 0.872. The fourth-order valence-corrected chi connectivity index (χ4v) is 3.76. The summed E-state index contributed by atoms with van der Waals surface area (Å²) in [5.74, 6) is -1.44. The average Bonchev–Trinajstić information content (AvgIpc) is 2.93. The SMILES string of the molecule is CC(C(=O)O)C(C)c1nc(C2CCS(=O)(=O)C2)no1. The molecule has 1 aliphatic heterocycles. The zero-order valence-electron chi connectivity index (χ0n) is 10.7. The van der Waals surface area contributed by atoms with Gasteiger partial charge in [-0.3, -0.25) is 4.79 Å². The number of carboxylic acid groups (broad SMARTS) is 1. The van der Waals surface area contributed by atoms with Crippen LogP contribution in [0, 0.1) is 5.92 Å². The highest BCUT2D eigenvalue weighted by molar-refractivity contribution is 7.91. The summed E-state index contributed by atoms with van der Waals surface area (Å²) in [4.78, 5) is 15.0. The summed E-state index contributed by atoms with van der Waals surface area (Å²) in [6.07, 6.45) is 0.490. The Morgan fingerprint density at radius 2 is 2.16 bits per heavy atom. The Labute approximate surface area is 110 Å². The van der Waals surface area contributed by atoms with Crippen LogP contribution in [0.4, 0.5) is 0 Å². The summed E-state index contributed by atoms with van der Waals surface area (Å²) in [6, 6.07) is 0. The molecule has 0 amide bonds. The standard InChI is InChI=1S/C11H16N2O5S/c1-6(7(2)11(14)15)10-12-9(13-18-10)8-3-4-19(16,17)5-8/h6-8H,3-5H2,1-2H3,(H,14,15). The lowest BCUT2D eigenvalue weighted by molar-refractivity contribution is -0.141. The molecule has 2 heterocycles. The minimum absolute atomic E-state index is 0.0365. The second kappa shape index (κ2) is 4.92. The largest absolute Gasteiger partial charge is 0.481 e. The van der Waals surface area contributed by atoms with Crippen molar-refractivity contribution in [3.05, 3.63) is 11.7 Å². The highest BCUT2D eigenvalue weighted by Crippen LogP contribution is 2.29. The summed E-state index contributed by atoms with van der Waals surface area (Å²) >= 11 is 0. The first kappa shape index (κ1) is 14.0. The van der Waals surface area contributed by atoms with Crippen LogP contribution >= 0.6 is 0 Å². The van der Waals surface area contributed by atoms with Gasteiger partial charge in [0.05, 0.1) is 17.4 Å². The number of nitrogens with zero attached hydrogens (tertiary/aromatic N) is 2. The molecule has 7 nitrogen and oxygen atoms in total. The number of aliphatic carboxylic acids is 1. The number of sulfone groups is 1. The van der Waals surface area contributed by atoms with Gasteiger partial charge in [-0.05, 0) is 6.42 Å². The predicted octanol–water partition coefficient (Wildman–Crippen LogP) is 0.796. The fourth-order valence-electron chi connectivity index (χ4n) is 2.02. The van der Waals surface area contributed by atoms with Crippen molar-refractivity contribution in [1.82, 2.24) is 10.1 Å². The number of rotatable bonds is 4. The number of carboxylic acids is 1. The summed E-state index contributed by atoms with van der Waals surface area (Å²) < 4.78 is 27.8. The Morgan fingerprint density at radius 1 is 1.47 bits per heavy atom. The van der Waals surface area contributed by atoms with E-state index in [1.54, 1.807) is 13.8 Å². The van der Waals surface area contributed by atoms with E-state index in [-0.39, 0.29) is 23.3 Å². The first-order chi connectivity index (χ1) is 8.80. The smallest absolute Gasteiger partial charge is 0.307 e. The molecule has 106 valence electrons. The zero-order valence-corrected chi connectivity index (χ0v) is 11.6. The van der Waals surface area contributed by atoms with Crippen molar-refractivity contribution < 1.29 is 22.8 Å². The van der Waals surface area contributed by atoms with Gasteiger partial charge < -0.3 is 9.63 Å².